The molecule has 1 aliphatic rings. The Morgan fingerprint density at radius 1 is 1.23 bits per heavy atom. The van der Waals surface area contributed by atoms with Crippen molar-refractivity contribution in [2.75, 3.05) is 23.8 Å². The number of rotatable bonds is 3. The number of hydrogen-bond acceptors (Lipinski definition) is 5. The van der Waals surface area contributed by atoms with Crippen LogP contribution in [0.25, 0.3) is 0 Å². The number of nitrogens with two attached hydrogens (primary N) is 1. The average molecular weight is 322 g/mol. The Morgan fingerprint density at radius 2 is 1.95 bits per heavy atom. The lowest BCUT2D eigenvalue weighted by atomic mass is 9.95. The van der Waals surface area contributed by atoms with Gasteiger partial charge in [0.1, 0.15) is 11.4 Å². The first kappa shape index (κ1) is 16.2. The fourth-order valence-corrected chi connectivity index (χ4v) is 2.73. The van der Waals surface area contributed by atoms with Crippen LogP contribution in [0.2, 0.25) is 0 Å². The number of carbonyl (C=O) groups is 1. The van der Waals surface area contributed by atoms with Crippen LogP contribution in [0.5, 0.6) is 0 Å². The molecule has 3 rings (SSSR count). The molecular formula is C15H16ClN3O3. The molecule has 0 aromatic heterocycles. The number of amides is 1. The molecule has 0 fully saturated rings. The number of hydrogen-bond donors (Lipinski definition) is 2. The minimum atomic E-state index is -0.605. The van der Waals surface area contributed by atoms with Crippen LogP contribution in [-0.4, -0.2) is 19.5 Å². The first-order chi connectivity index (χ1) is 10.1. The quantitative estimate of drug-likeness (QED) is 0.799. The zero-order valence-corrected chi connectivity index (χ0v) is 12.8. The number of nitrogens with zero attached hydrogens (tertiary/aromatic N) is 1. The van der Waals surface area contributed by atoms with Crippen LogP contribution in [0.4, 0.5) is 11.4 Å². The summed E-state index contributed by atoms with van der Waals surface area (Å²) in [6, 6.07) is 5.56. The molecule has 116 valence electrons. The van der Waals surface area contributed by atoms with E-state index in [1.165, 1.54) is 4.90 Å². The molecule has 0 bridgehead atoms. The Hall–Kier alpha value is -2.18. The lowest BCUT2D eigenvalue weighted by Gasteiger charge is -2.30. The van der Waals surface area contributed by atoms with Crippen LogP contribution < -0.4 is 26.8 Å². The Labute approximate surface area is 133 Å². The lowest BCUT2D eigenvalue weighted by molar-refractivity contribution is 0.0980. The smallest absolute Gasteiger partial charge is 0.258 e. The first-order valence-corrected chi connectivity index (χ1v) is 6.73. The molecule has 0 unspecified atom stereocenters. The standard InChI is InChI=1S/C15H15N3O3.ClH/c1-17-11-12(14(20)13(11)19)18-5-4-9-3-2-8(7-16)6-10(9)15(18)21;/h2-3,6,17H,4-5,7,16H2,1H3;1H. The average Bonchev–Trinajstić information content (AvgIpc) is 2.52. The van der Waals surface area contributed by atoms with Crippen molar-refractivity contribution in [2.24, 2.45) is 5.73 Å². The zero-order valence-electron chi connectivity index (χ0n) is 12.0. The third kappa shape index (κ3) is 2.20. The minimum Gasteiger partial charge on any atom is -0.383 e. The molecule has 1 heterocycles. The number of nitrogens with one attached hydrogen (secondary N) is 1. The monoisotopic (exact) mass is 321 g/mol. The summed E-state index contributed by atoms with van der Waals surface area (Å²) >= 11 is 0. The first-order valence-electron chi connectivity index (χ1n) is 6.73. The molecule has 0 radical (unpaired) electrons. The summed E-state index contributed by atoms with van der Waals surface area (Å²) in [7, 11) is 1.56. The van der Waals surface area contributed by atoms with Crippen molar-refractivity contribution in [3.05, 3.63) is 55.3 Å². The van der Waals surface area contributed by atoms with Crippen LogP contribution in [0, 0.1) is 0 Å². The Bertz CT molecular complexity index is 809. The molecule has 0 atom stereocenters. The molecular weight excluding hydrogens is 306 g/mol. The number of halogens is 1. The largest absolute Gasteiger partial charge is 0.383 e. The van der Waals surface area contributed by atoms with Gasteiger partial charge in [0.15, 0.2) is 0 Å². The zero-order chi connectivity index (χ0) is 15.1. The van der Waals surface area contributed by atoms with Crippen LogP contribution >= 0.6 is 12.4 Å². The van der Waals surface area contributed by atoms with E-state index in [0.717, 1.165) is 11.1 Å². The van der Waals surface area contributed by atoms with E-state index >= 15 is 0 Å². The molecule has 2 aromatic rings. The highest BCUT2D eigenvalue weighted by atomic mass is 35.5. The summed E-state index contributed by atoms with van der Waals surface area (Å²) in [5.74, 6) is -0.254. The molecule has 1 amide bonds. The summed E-state index contributed by atoms with van der Waals surface area (Å²) in [5.41, 5.74) is 7.18. The van der Waals surface area contributed by atoms with Gasteiger partial charge in [0.2, 0.25) is 0 Å². The van der Waals surface area contributed by atoms with Crippen molar-refractivity contribution in [2.45, 2.75) is 13.0 Å². The molecule has 22 heavy (non-hydrogen) atoms. The Kier molecular flexibility index (Phi) is 4.35. The summed E-state index contributed by atoms with van der Waals surface area (Å²) in [6.07, 6.45) is 0.647. The fourth-order valence-electron chi connectivity index (χ4n) is 2.73. The predicted molar refractivity (Wildman–Crippen MR) is 87.9 cm³/mol. The van der Waals surface area contributed by atoms with Crippen molar-refractivity contribution >= 4 is 29.7 Å². The molecule has 3 N–H and O–H groups in total. The maximum Gasteiger partial charge on any atom is 0.258 e. The SMILES string of the molecule is CNc1c(N2CCc3ccc(CN)cc3C2=O)c(=O)c1=O.Cl. The Balaban J connectivity index is 0.00000176. The van der Waals surface area contributed by atoms with Crippen molar-refractivity contribution in [1.82, 2.24) is 0 Å². The maximum absolute atomic E-state index is 12.6. The lowest BCUT2D eigenvalue weighted by Crippen LogP contribution is -2.47. The van der Waals surface area contributed by atoms with Gasteiger partial charge in [0.25, 0.3) is 16.8 Å². The molecule has 1 aliphatic heterocycles. The molecule has 0 saturated heterocycles. The topological polar surface area (TPSA) is 92.5 Å². The van der Waals surface area contributed by atoms with Gasteiger partial charge in [-0.05, 0) is 23.6 Å². The van der Waals surface area contributed by atoms with Crippen LogP contribution in [0.1, 0.15) is 21.5 Å². The number of benzene rings is 1. The van der Waals surface area contributed by atoms with E-state index in [0.29, 0.717) is 25.1 Å². The third-order valence-corrected chi connectivity index (χ3v) is 3.90. The second-order valence-corrected chi connectivity index (χ2v) is 5.03. The van der Waals surface area contributed by atoms with Gasteiger partial charge in [-0.3, -0.25) is 14.4 Å². The van der Waals surface area contributed by atoms with E-state index in [4.69, 9.17) is 5.73 Å². The summed E-state index contributed by atoms with van der Waals surface area (Å²) in [5, 5.41) is 2.69. The van der Waals surface area contributed by atoms with Gasteiger partial charge in [-0.25, -0.2) is 0 Å². The molecule has 0 spiro atoms. The van der Waals surface area contributed by atoms with E-state index in [-0.39, 0.29) is 29.7 Å². The fraction of sp³-hybridized carbons (Fsp3) is 0.267. The second kappa shape index (κ2) is 5.90. The van der Waals surface area contributed by atoms with E-state index in [9.17, 15) is 14.4 Å². The number of anilines is 2. The maximum atomic E-state index is 12.6. The number of fused-ring (bicyclic) bond motifs is 1. The van der Waals surface area contributed by atoms with Crippen molar-refractivity contribution in [3.8, 4) is 0 Å². The van der Waals surface area contributed by atoms with E-state index in [1.807, 2.05) is 12.1 Å². The van der Waals surface area contributed by atoms with Crippen molar-refractivity contribution < 1.29 is 4.79 Å². The molecule has 7 heteroatoms. The van der Waals surface area contributed by atoms with Gasteiger partial charge < -0.3 is 16.0 Å². The van der Waals surface area contributed by atoms with E-state index < -0.39 is 10.9 Å². The van der Waals surface area contributed by atoms with Gasteiger partial charge in [0.05, 0.1) is 0 Å². The predicted octanol–water partition coefficient (Wildman–Crippen LogP) is 0.408. The summed E-state index contributed by atoms with van der Waals surface area (Å²) < 4.78 is 0. The highest BCUT2D eigenvalue weighted by molar-refractivity contribution is 6.10. The molecule has 0 saturated carbocycles. The normalized spacial score (nSPS) is 13.7. The minimum absolute atomic E-state index is 0. The highest BCUT2D eigenvalue weighted by Crippen LogP contribution is 2.27. The van der Waals surface area contributed by atoms with Crippen LogP contribution in [0.3, 0.4) is 0 Å². The van der Waals surface area contributed by atoms with E-state index in [1.54, 1.807) is 13.1 Å². The van der Waals surface area contributed by atoms with Gasteiger partial charge in [-0.1, -0.05) is 12.1 Å². The highest BCUT2D eigenvalue weighted by Gasteiger charge is 2.33. The third-order valence-electron chi connectivity index (χ3n) is 3.90. The second-order valence-electron chi connectivity index (χ2n) is 5.03. The van der Waals surface area contributed by atoms with Gasteiger partial charge >= 0.3 is 0 Å². The van der Waals surface area contributed by atoms with Crippen molar-refractivity contribution in [3.63, 3.8) is 0 Å². The summed E-state index contributed by atoms with van der Waals surface area (Å²) in [4.78, 5) is 37.2. The van der Waals surface area contributed by atoms with Gasteiger partial charge in [-0.15, -0.1) is 12.4 Å². The summed E-state index contributed by atoms with van der Waals surface area (Å²) in [6.45, 7) is 0.746. The molecule has 0 aliphatic carbocycles. The van der Waals surface area contributed by atoms with Gasteiger partial charge in [0, 0.05) is 25.7 Å². The molecule has 2 aromatic carbocycles. The number of carbonyl (C=O) groups excluding carboxylic acids is 1. The van der Waals surface area contributed by atoms with Gasteiger partial charge in [-0.2, -0.15) is 0 Å². The Morgan fingerprint density at radius 3 is 2.59 bits per heavy atom. The molecule has 6 nitrogen and oxygen atoms in total. The van der Waals surface area contributed by atoms with E-state index in [2.05, 4.69) is 5.32 Å². The van der Waals surface area contributed by atoms with Crippen LogP contribution in [-0.2, 0) is 13.0 Å². The van der Waals surface area contributed by atoms with Crippen LogP contribution in [0.15, 0.2) is 27.8 Å². The van der Waals surface area contributed by atoms with Crippen molar-refractivity contribution in [1.29, 1.82) is 0 Å².